The summed E-state index contributed by atoms with van der Waals surface area (Å²) in [5, 5.41) is 3.53. The Labute approximate surface area is 128 Å². The third-order valence-electron chi connectivity index (χ3n) is 2.98. The van der Waals surface area contributed by atoms with E-state index in [0.29, 0.717) is 16.5 Å². The predicted molar refractivity (Wildman–Crippen MR) is 84.4 cm³/mol. The van der Waals surface area contributed by atoms with Crippen molar-refractivity contribution in [3.05, 3.63) is 59.1 Å². The first-order valence-corrected chi connectivity index (χ1v) is 6.95. The number of amides is 1. The Bertz CT molecular complexity index is 614. The van der Waals surface area contributed by atoms with E-state index in [-0.39, 0.29) is 18.6 Å². The fourth-order valence-corrected chi connectivity index (χ4v) is 2.00. The predicted octanol–water partition coefficient (Wildman–Crippen LogP) is 3.18. The Morgan fingerprint density at radius 1 is 1.29 bits per heavy atom. The van der Waals surface area contributed by atoms with Crippen LogP contribution in [0.5, 0.6) is 5.75 Å². The van der Waals surface area contributed by atoms with Crippen molar-refractivity contribution in [2.24, 2.45) is 0 Å². The van der Waals surface area contributed by atoms with Crippen LogP contribution in [-0.2, 0) is 4.79 Å². The topological polar surface area (TPSA) is 64.3 Å². The Morgan fingerprint density at radius 3 is 2.67 bits per heavy atom. The van der Waals surface area contributed by atoms with E-state index in [1.54, 1.807) is 36.4 Å². The van der Waals surface area contributed by atoms with Gasteiger partial charge < -0.3 is 15.8 Å². The number of hydrogen-bond acceptors (Lipinski definition) is 3. The van der Waals surface area contributed by atoms with E-state index >= 15 is 0 Å². The maximum atomic E-state index is 11.9. The molecule has 0 fully saturated rings. The number of hydrogen-bond donors (Lipinski definition) is 2. The molecule has 0 aromatic heterocycles. The molecule has 5 heteroatoms. The molecule has 2 rings (SSSR count). The van der Waals surface area contributed by atoms with Gasteiger partial charge in [0.15, 0.2) is 6.61 Å². The lowest BCUT2D eigenvalue weighted by molar-refractivity contribution is -0.123. The van der Waals surface area contributed by atoms with Gasteiger partial charge in [-0.05, 0) is 36.8 Å². The zero-order valence-corrected chi connectivity index (χ0v) is 12.4. The number of carbonyl (C=O) groups is 1. The third kappa shape index (κ3) is 4.68. The highest BCUT2D eigenvalue weighted by Gasteiger charge is 2.10. The molecule has 1 amide bonds. The lowest BCUT2D eigenvalue weighted by Gasteiger charge is -2.15. The second-order valence-electron chi connectivity index (χ2n) is 4.70. The SMILES string of the molecule is CC(NC(=O)COc1cccc(N)c1)c1ccc(Cl)cc1. The quantitative estimate of drug-likeness (QED) is 0.834. The molecular formula is C16H17ClN2O2. The van der Waals surface area contributed by atoms with E-state index in [2.05, 4.69) is 5.32 Å². The molecule has 110 valence electrons. The molecule has 2 aromatic rings. The average Bonchev–Trinajstić information content (AvgIpc) is 2.46. The summed E-state index contributed by atoms with van der Waals surface area (Å²) >= 11 is 5.83. The maximum Gasteiger partial charge on any atom is 0.258 e. The van der Waals surface area contributed by atoms with E-state index in [4.69, 9.17) is 22.1 Å². The normalized spacial score (nSPS) is 11.7. The number of rotatable bonds is 5. The summed E-state index contributed by atoms with van der Waals surface area (Å²) in [5.74, 6) is 0.379. The van der Waals surface area contributed by atoms with Crippen molar-refractivity contribution in [3.63, 3.8) is 0 Å². The van der Waals surface area contributed by atoms with E-state index in [1.807, 2.05) is 19.1 Å². The van der Waals surface area contributed by atoms with Gasteiger partial charge in [0.25, 0.3) is 5.91 Å². The standard InChI is InChI=1S/C16H17ClN2O2/c1-11(12-5-7-13(17)8-6-12)19-16(20)10-21-15-4-2-3-14(18)9-15/h2-9,11H,10,18H2,1H3,(H,19,20). The van der Waals surface area contributed by atoms with Gasteiger partial charge in [-0.3, -0.25) is 4.79 Å². The van der Waals surface area contributed by atoms with Gasteiger partial charge in [-0.15, -0.1) is 0 Å². The van der Waals surface area contributed by atoms with Gasteiger partial charge in [0.1, 0.15) is 5.75 Å². The molecule has 0 aliphatic heterocycles. The monoisotopic (exact) mass is 304 g/mol. The molecule has 2 aromatic carbocycles. The van der Waals surface area contributed by atoms with Crippen LogP contribution in [0.2, 0.25) is 5.02 Å². The zero-order valence-electron chi connectivity index (χ0n) is 11.7. The minimum atomic E-state index is -0.195. The first kappa shape index (κ1) is 15.2. The summed E-state index contributed by atoms with van der Waals surface area (Å²) < 4.78 is 5.39. The highest BCUT2D eigenvalue weighted by molar-refractivity contribution is 6.30. The molecule has 0 aliphatic carbocycles. The number of benzene rings is 2. The van der Waals surface area contributed by atoms with Crippen molar-refractivity contribution in [3.8, 4) is 5.75 Å². The van der Waals surface area contributed by atoms with Crippen LogP contribution in [0.15, 0.2) is 48.5 Å². The van der Waals surface area contributed by atoms with Crippen LogP contribution in [0.25, 0.3) is 0 Å². The Balaban J connectivity index is 1.85. The lowest BCUT2D eigenvalue weighted by Crippen LogP contribution is -2.31. The Hall–Kier alpha value is -2.20. The van der Waals surface area contributed by atoms with Crippen LogP contribution in [0.1, 0.15) is 18.5 Å². The van der Waals surface area contributed by atoms with E-state index in [9.17, 15) is 4.79 Å². The van der Waals surface area contributed by atoms with Gasteiger partial charge in [0.2, 0.25) is 0 Å². The van der Waals surface area contributed by atoms with Crippen molar-refractivity contribution < 1.29 is 9.53 Å². The summed E-state index contributed by atoms with van der Waals surface area (Å²) in [6, 6.07) is 14.2. The first-order chi connectivity index (χ1) is 10.0. The molecule has 0 aliphatic rings. The van der Waals surface area contributed by atoms with Crippen molar-refractivity contribution in [2.75, 3.05) is 12.3 Å². The molecule has 3 N–H and O–H groups in total. The number of ether oxygens (including phenoxy) is 1. The number of halogens is 1. The van der Waals surface area contributed by atoms with Crippen molar-refractivity contribution >= 4 is 23.2 Å². The number of carbonyl (C=O) groups excluding carboxylic acids is 1. The summed E-state index contributed by atoms with van der Waals surface area (Å²) in [5.41, 5.74) is 7.23. The number of nitrogens with one attached hydrogen (secondary N) is 1. The molecule has 21 heavy (non-hydrogen) atoms. The molecular weight excluding hydrogens is 288 g/mol. The second kappa shape index (κ2) is 6.99. The molecule has 0 saturated carbocycles. The van der Waals surface area contributed by atoms with E-state index in [1.165, 1.54) is 0 Å². The van der Waals surface area contributed by atoms with Crippen molar-refractivity contribution in [1.82, 2.24) is 5.32 Å². The number of nitrogens with two attached hydrogens (primary N) is 1. The maximum absolute atomic E-state index is 11.9. The van der Waals surface area contributed by atoms with Gasteiger partial charge in [0.05, 0.1) is 6.04 Å². The first-order valence-electron chi connectivity index (χ1n) is 6.58. The van der Waals surface area contributed by atoms with Crippen molar-refractivity contribution in [2.45, 2.75) is 13.0 Å². The molecule has 1 unspecified atom stereocenters. The number of anilines is 1. The Morgan fingerprint density at radius 2 is 2.00 bits per heavy atom. The minimum Gasteiger partial charge on any atom is -0.484 e. The van der Waals surface area contributed by atoms with Crippen LogP contribution < -0.4 is 15.8 Å². The van der Waals surface area contributed by atoms with Crippen LogP contribution in [0, 0.1) is 0 Å². The smallest absolute Gasteiger partial charge is 0.258 e. The molecule has 0 bridgehead atoms. The summed E-state index contributed by atoms with van der Waals surface area (Å²) in [4.78, 5) is 11.9. The molecule has 0 heterocycles. The van der Waals surface area contributed by atoms with Gasteiger partial charge in [-0.2, -0.15) is 0 Å². The van der Waals surface area contributed by atoms with Crippen LogP contribution >= 0.6 is 11.6 Å². The van der Waals surface area contributed by atoms with Gasteiger partial charge >= 0.3 is 0 Å². The molecule has 4 nitrogen and oxygen atoms in total. The molecule has 0 spiro atoms. The largest absolute Gasteiger partial charge is 0.484 e. The lowest BCUT2D eigenvalue weighted by atomic mass is 10.1. The van der Waals surface area contributed by atoms with Crippen LogP contribution in [0.4, 0.5) is 5.69 Å². The van der Waals surface area contributed by atoms with Crippen molar-refractivity contribution in [1.29, 1.82) is 0 Å². The van der Waals surface area contributed by atoms with Gasteiger partial charge in [0, 0.05) is 16.8 Å². The van der Waals surface area contributed by atoms with Gasteiger partial charge in [-0.25, -0.2) is 0 Å². The summed E-state index contributed by atoms with van der Waals surface area (Å²) in [6.07, 6.45) is 0. The fraction of sp³-hybridized carbons (Fsp3) is 0.188. The van der Waals surface area contributed by atoms with Crippen LogP contribution in [-0.4, -0.2) is 12.5 Å². The van der Waals surface area contributed by atoms with Crippen LogP contribution in [0.3, 0.4) is 0 Å². The minimum absolute atomic E-state index is 0.0542. The molecule has 0 saturated heterocycles. The zero-order chi connectivity index (χ0) is 15.2. The average molecular weight is 305 g/mol. The number of nitrogen functional groups attached to an aromatic ring is 1. The highest BCUT2D eigenvalue weighted by atomic mass is 35.5. The fourth-order valence-electron chi connectivity index (χ4n) is 1.87. The third-order valence-corrected chi connectivity index (χ3v) is 3.23. The summed E-state index contributed by atoms with van der Waals surface area (Å²) in [6.45, 7) is 1.85. The Kier molecular flexibility index (Phi) is 5.06. The molecule has 0 radical (unpaired) electrons. The van der Waals surface area contributed by atoms with E-state index < -0.39 is 0 Å². The highest BCUT2D eigenvalue weighted by Crippen LogP contribution is 2.16. The van der Waals surface area contributed by atoms with E-state index in [0.717, 1.165) is 5.56 Å². The second-order valence-corrected chi connectivity index (χ2v) is 5.14. The van der Waals surface area contributed by atoms with Gasteiger partial charge in [-0.1, -0.05) is 29.8 Å². The summed E-state index contributed by atoms with van der Waals surface area (Å²) in [7, 11) is 0. The molecule has 1 atom stereocenters.